The zero-order chi connectivity index (χ0) is 11.5. The average molecular weight is 216 g/mol. The van der Waals surface area contributed by atoms with Gasteiger partial charge in [-0.05, 0) is 19.5 Å². The number of nitrogens with two attached hydrogens (primary N) is 1. The summed E-state index contributed by atoms with van der Waals surface area (Å²) in [7, 11) is 0. The Morgan fingerprint density at radius 3 is 2.60 bits per heavy atom. The predicted octanol–water partition coefficient (Wildman–Crippen LogP) is 0.444. The van der Waals surface area contributed by atoms with Crippen molar-refractivity contribution in [3.8, 4) is 0 Å². The summed E-state index contributed by atoms with van der Waals surface area (Å²) >= 11 is 0. The summed E-state index contributed by atoms with van der Waals surface area (Å²) in [6.45, 7) is 9.38. The number of hydrogen-bond donors (Lipinski definition) is 3. The second kappa shape index (κ2) is 9.73. The van der Waals surface area contributed by atoms with Gasteiger partial charge in [0.25, 0.3) is 0 Å². The number of rotatable bonds is 9. The van der Waals surface area contributed by atoms with Crippen molar-refractivity contribution in [3.63, 3.8) is 0 Å². The molecule has 0 heterocycles. The first kappa shape index (κ1) is 14.2. The molecule has 90 valence electrons. The molecule has 0 atom stereocenters. The van der Waals surface area contributed by atoms with Crippen molar-refractivity contribution in [2.45, 2.75) is 26.7 Å². The summed E-state index contributed by atoms with van der Waals surface area (Å²) < 4.78 is 0. The molecule has 0 spiro atoms. The second-order valence-corrected chi connectivity index (χ2v) is 3.53. The SMILES string of the molecule is CCCN(CC)CCNCCC(N)=NO. The van der Waals surface area contributed by atoms with Gasteiger partial charge in [-0.1, -0.05) is 19.0 Å². The maximum absolute atomic E-state index is 8.31. The monoisotopic (exact) mass is 216 g/mol. The van der Waals surface area contributed by atoms with Crippen LogP contribution in [0.1, 0.15) is 26.7 Å². The molecule has 0 fully saturated rings. The fourth-order valence-corrected chi connectivity index (χ4v) is 1.37. The van der Waals surface area contributed by atoms with Crippen molar-refractivity contribution in [1.29, 1.82) is 0 Å². The van der Waals surface area contributed by atoms with Gasteiger partial charge < -0.3 is 21.2 Å². The molecule has 0 aliphatic carbocycles. The van der Waals surface area contributed by atoms with Crippen LogP contribution < -0.4 is 11.1 Å². The Hall–Kier alpha value is -0.810. The molecule has 0 radical (unpaired) electrons. The fourth-order valence-electron chi connectivity index (χ4n) is 1.37. The minimum atomic E-state index is 0.281. The second-order valence-electron chi connectivity index (χ2n) is 3.53. The van der Waals surface area contributed by atoms with E-state index in [1.54, 1.807) is 0 Å². The third-order valence-corrected chi connectivity index (χ3v) is 2.28. The van der Waals surface area contributed by atoms with E-state index in [1.807, 2.05) is 0 Å². The molecular formula is C10H24N4O. The standard InChI is InChI=1S/C10H24N4O/c1-3-8-14(4-2)9-7-12-6-5-10(11)13-15/h12,15H,3-9H2,1-2H3,(H2,11,13). The highest BCUT2D eigenvalue weighted by atomic mass is 16.4. The Labute approximate surface area is 92.3 Å². The molecule has 0 aliphatic rings. The number of amidine groups is 1. The fraction of sp³-hybridized carbons (Fsp3) is 0.900. The molecule has 4 N–H and O–H groups in total. The van der Waals surface area contributed by atoms with Gasteiger partial charge in [0.2, 0.25) is 0 Å². The molecule has 5 nitrogen and oxygen atoms in total. The van der Waals surface area contributed by atoms with Gasteiger partial charge in [0.15, 0.2) is 0 Å². The lowest BCUT2D eigenvalue weighted by atomic mass is 10.3. The van der Waals surface area contributed by atoms with E-state index in [0.29, 0.717) is 6.42 Å². The van der Waals surface area contributed by atoms with Gasteiger partial charge in [-0.3, -0.25) is 0 Å². The lowest BCUT2D eigenvalue weighted by molar-refractivity contribution is 0.288. The largest absolute Gasteiger partial charge is 0.409 e. The summed E-state index contributed by atoms with van der Waals surface area (Å²) in [5.41, 5.74) is 5.34. The van der Waals surface area contributed by atoms with Crippen molar-refractivity contribution in [2.75, 3.05) is 32.7 Å². The Morgan fingerprint density at radius 1 is 1.33 bits per heavy atom. The van der Waals surface area contributed by atoms with Crippen molar-refractivity contribution in [3.05, 3.63) is 0 Å². The molecule has 0 bridgehead atoms. The van der Waals surface area contributed by atoms with Gasteiger partial charge in [-0.15, -0.1) is 0 Å². The molecule has 15 heavy (non-hydrogen) atoms. The average Bonchev–Trinajstić information content (AvgIpc) is 2.26. The normalized spacial score (nSPS) is 12.3. The molecular weight excluding hydrogens is 192 g/mol. The van der Waals surface area contributed by atoms with E-state index in [4.69, 9.17) is 10.9 Å². The molecule has 5 heteroatoms. The van der Waals surface area contributed by atoms with Gasteiger partial charge in [0.05, 0.1) is 0 Å². The van der Waals surface area contributed by atoms with E-state index in [2.05, 4.69) is 29.2 Å². The first-order valence-electron chi connectivity index (χ1n) is 5.64. The quantitative estimate of drug-likeness (QED) is 0.172. The maximum Gasteiger partial charge on any atom is 0.140 e. The Kier molecular flexibility index (Phi) is 9.21. The lowest BCUT2D eigenvalue weighted by Gasteiger charge is -2.19. The van der Waals surface area contributed by atoms with Crippen LogP contribution in [0.3, 0.4) is 0 Å². The highest BCUT2D eigenvalue weighted by molar-refractivity contribution is 5.79. The van der Waals surface area contributed by atoms with Gasteiger partial charge in [-0.2, -0.15) is 0 Å². The number of nitrogens with zero attached hydrogens (tertiary/aromatic N) is 2. The molecule has 0 rings (SSSR count). The number of hydrogen-bond acceptors (Lipinski definition) is 4. The van der Waals surface area contributed by atoms with Crippen molar-refractivity contribution in [1.82, 2.24) is 10.2 Å². The van der Waals surface area contributed by atoms with Crippen LogP contribution >= 0.6 is 0 Å². The van der Waals surface area contributed by atoms with Crippen LogP contribution in [0.2, 0.25) is 0 Å². The first-order valence-corrected chi connectivity index (χ1v) is 5.64. The molecule has 0 aliphatic heterocycles. The van der Waals surface area contributed by atoms with E-state index in [0.717, 1.165) is 32.7 Å². The maximum atomic E-state index is 8.31. The van der Waals surface area contributed by atoms with Crippen LogP contribution in [0, 0.1) is 0 Å². The number of oxime groups is 1. The van der Waals surface area contributed by atoms with Gasteiger partial charge in [0.1, 0.15) is 5.84 Å². The topological polar surface area (TPSA) is 73.9 Å². The molecule has 0 saturated heterocycles. The van der Waals surface area contributed by atoms with Crippen LogP contribution in [0.25, 0.3) is 0 Å². The first-order chi connectivity index (χ1) is 7.24. The summed E-state index contributed by atoms with van der Waals surface area (Å²) in [5, 5.41) is 14.5. The van der Waals surface area contributed by atoms with Crippen LogP contribution in [-0.2, 0) is 0 Å². The van der Waals surface area contributed by atoms with Crippen LogP contribution in [-0.4, -0.2) is 48.7 Å². The predicted molar refractivity (Wildman–Crippen MR) is 63.3 cm³/mol. The minimum absolute atomic E-state index is 0.281. The zero-order valence-corrected chi connectivity index (χ0v) is 9.87. The zero-order valence-electron chi connectivity index (χ0n) is 9.87. The molecule has 0 aromatic heterocycles. The summed E-state index contributed by atoms with van der Waals surface area (Å²) in [6, 6.07) is 0. The van der Waals surface area contributed by atoms with Gasteiger partial charge >= 0.3 is 0 Å². The van der Waals surface area contributed by atoms with Crippen LogP contribution in [0.5, 0.6) is 0 Å². The van der Waals surface area contributed by atoms with E-state index >= 15 is 0 Å². The highest BCUT2D eigenvalue weighted by Gasteiger charge is 1.99. The number of nitrogens with one attached hydrogen (secondary N) is 1. The molecule has 0 aromatic rings. The van der Waals surface area contributed by atoms with Crippen molar-refractivity contribution in [2.24, 2.45) is 10.9 Å². The van der Waals surface area contributed by atoms with E-state index in [1.165, 1.54) is 6.42 Å². The highest BCUT2D eigenvalue weighted by Crippen LogP contribution is 1.89. The smallest absolute Gasteiger partial charge is 0.140 e. The summed E-state index contributed by atoms with van der Waals surface area (Å²) in [6.07, 6.45) is 1.79. The van der Waals surface area contributed by atoms with Gasteiger partial charge in [-0.25, -0.2) is 0 Å². The minimum Gasteiger partial charge on any atom is -0.409 e. The third kappa shape index (κ3) is 8.20. The molecule has 0 aromatic carbocycles. The molecule has 0 amide bonds. The van der Waals surface area contributed by atoms with E-state index < -0.39 is 0 Å². The summed E-state index contributed by atoms with van der Waals surface area (Å²) in [5.74, 6) is 0.281. The van der Waals surface area contributed by atoms with Crippen LogP contribution in [0.15, 0.2) is 5.16 Å². The third-order valence-electron chi connectivity index (χ3n) is 2.28. The van der Waals surface area contributed by atoms with E-state index in [-0.39, 0.29) is 5.84 Å². The van der Waals surface area contributed by atoms with Gasteiger partial charge in [0, 0.05) is 26.1 Å². The van der Waals surface area contributed by atoms with Crippen molar-refractivity contribution < 1.29 is 5.21 Å². The number of likely N-dealkylation sites (N-methyl/N-ethyl adjacent to an activating group) is 1. The van der Waals surface area contributed by atoms with Crippen LogP contribution in [0.4, 0.5) is 0 Å². The Bertz CT molecular complexity index is 173. The van der Waals surface area contributed by atoms with E-state index in [9.17, 15) is 0 Å². The Balaban J connectivity index is 3.36. The molecule has 0 unspecified atom stereocenters. The molecule has 0 saturated carbocycles. The Morgan fingerprint density at radius 2 is 2.07 bits per heavy atom. The lowest BCUT2D eigenvalue weighted by Crippen LogP contribution is -2.33. The summed E-state index contributed by atoms with van der Waals surface area (Å²) in [4.78, 5) is 2.40. The van der Waals surface area contributed by atoms with Crippen molar-refractivity contribution >= 4 is 5.84 Å².